The number of ketones is 1. The van der Waals surface area contributed by atoms with Crippen molar-refractivity contribution < 1.29 is 9.21 Å². The molecule has 0 aliphatic carbocycles. The van der Waals surface area contributed by atoms with Gasteiger partial charge in [0.15, 0.2) is 5.76 Å². The number of carbonyl (C=O) groups is 1. The molecule has 0 spiro atoms. The third-order valence-corrected chi connectivity index (χ3v) is 2.58. The van der Waals surface area contributed by atoms with Crippen molar-refractivity contribution in [2.45, 2.75) is 13.3 Å². The molecule has 0 atom stereocenters. The third-order valence-electron chi connectivity index (χ3n) is 2.58. The van der Waals surface area contributed by atoms with Crippen LogP contribution in [0.4, 0.5) is 0 Å². The van der Waals surface area contributed by atoms with Crippen LogP contribution < -0.4 is 0 Å². The highest BCUT2D eigenvalue weighted by atomic mass is 16.3. The Morgan fingerprint density at radius 3 is 2.59 bits per heavy atom. The molecule has 2 rings (SSSR count). The molecule has 1 heterocycles. The molecule has 0 bridgehead atoms. The van der Waals surface area contributed by atoms with E-state index >= 15 is 0 Å². The first-order valence-corrected chi connectivity index (χ1v) is 5.64. The van der Waals surface area contributed by atoms with Crippen molar-refractivity contribution in [3.63, 3.8) is 0 Å². The van der Waals surface area contributed by atoms with Gasteiger partial charge in [-0.05, 0) is 35.8 Å². The molecule has 0 aliphatic rings. The minimum Gasteiger partial charge on any atom is -0.461 e. The second kappa shape index (κ2) is 5.30. The summed E-state index contributed by atoms with van der Waals surface area (Å²) in [6.07, 6.45) is 5.84. The fraction of sp³-hybridized carbons (Fsp3) is 0.133. The van der Waals surface area contributed by atoms with Crippen molar-refractivity contribution in [3.05, 3.63) is 65.6 Å². The van der Waals surface area contributed by atoms with E-state index in [1.54, 1.807) is 18.2 Å². The van der Waals surface area contributed by atoms with Crippen LogP contribution in [0.25, 0.3) is 6.08 Å². The Morgan fingerprint density at radius 2 is 2.00 bits per heavy atom. The van der Waals surface area contributed by atoms with Gasteiger partial charge in [-0.15, -0.1) is 0 Å². The summed E-state index contributed by atoms with van der Waals surface area (Å²) < 4.78 is 5.02. The highest BCUT2D eigenvalue weighted by Gasteiger charge is 2.03. The predicted molar refractivity (Wildman–Crippen MR) is 67.9 cm³/mol. The van der Waals surface area contributed by atoms with Gasteiger partial charge in [0.25, 0.3) is 0 Å². The number of carbonyl (C=O) groups excluding carboxylic acids is 1. The summed E-state index contributed by atoms with van der Waals surface area (Å²) in [7, 11) is 0. The maximum absolute atomic E-state index is 11.6. The van der Waals surface area contributed by atoms with E-state index in [9.17, 15) is 4.79 Å². The second-order valence-corrected chi connectivity index (χ2v) is 3.77. The van der Waals surface area contributed by atoms with Gasteiger partial charge in [0.1, 0.15) is 0 Å². The van der Waals surface area contributed by atoms with Crippen LogP contribution in [0.2, 0.25) is 0 Å². The Kier molecular flexibility index (Phi) is 3.55. The van der Waals surface area contributed by atoms with Crippen LogP contribution in [0.15, 0.2) is 53.2 Å². The van der Waals surface area contributed by atoms with Crippen molar-refractivity contribution in [2.24, 2.45) is 0 Å². The van der Waals surface area contributed by atoms with Crippen LogP contribution in [-0.2, 0) is 6.42 Å². The van der Waals surface area contributed by atoms with Gasteiger partial charge in [0, 0.05) is 0 Å². The number of rotatable bonds is 4. The van der Waals surface area contributed by atoms with Crippen LogP contribution in [0.3, 0.4) is 0 Å². The number of benzene rings is 1. The Morgan fingerprint density at radius 1 is 1.24 bits per heavy atom. The summed E-state index contributed by atoms with van der Waals surface area (Å²) in [5.74, 6) is 0.251. The molecule has 0 saturated heterocycles. The Bertz CT molecular complexity index is 504. The minimum absolute atomic E-state index is 0.116. The summed E-state index contributed by atoms with van der Waals surface area (Å²) in [5, 5.41) is 0. The maximum atomic E-state index is 11.6. The number of allylic oxidation sites excluding steroid dienone is 1. The van der Waals surface area contributed by atoms with E-state index in [2.05, 4.69) is 19.1 Å². The smallest absolute Gasteiger partial charge is 0.221 e. The summed E-state index contributed by atoms with van der Waals surface area (Å²) in [5.41, 5.74) is 2.31. The van der Waals surface area contributed by atoms with Crippen LogP contribution in [0, 0.1) is 0 Å². The fourth-order valence-corrected chi connectivity index (χ4v) is 1.54. The zero-order valence-corrected chi connectivity index (χ0v) is 9.72. The zero-order valence-electron chi connectivity index (χ0n) is 9.72. The summed E-state index contributed by atoms with van der Waals surface area (Å²) in [6, 6.07) is 11.5. The molecule has 2 heteroatoms. The largest absolute Gasteiger partial charge is 0.461 e. The molecule has 0 radical (unpaired) electrons. The van der Waals surface area contributed by atoms with Gasteiger partial charge in [-0.25, -0.2) is 0 Å². The Hall–Kier alpha value is -2.09. The van der Waals surface area contributed by atoms with Crippen molar-refractivity contribution >= 4 is 11.9 Å². The monoisotopic (exact) mass is 226 g/mol. The third kappa shape index (κ3) is 2.94. The van der Waals surface area contributed by atoms with Gasteiger partial charge >= 0.3 is 0 Å². The van der Waals surface area contributed by atoms with Gasteiger partial charge in [-0.2, -0.15) is 0 Å². The summed E-state index contributed by atoms with van der Waals surface area (Å²) in [4.78, 5) is 11.6. The number of furan rings is 1. The highest BCUT2D eigenvalue weighted by Crippen LogP contribution is 2.08. The first-order chi connectivity index (χ1) is 8.29. The normalized spacial score (nSPS) is 10.9. The minimum atomic E-state index is -0.116. The Labute approximate surface area is 101 Å². The van der Waals surface area contributed by atoms with Gasteiger partial charge in [-0.1, -0.05) is 37.3 Å². The topological polar surface area (TPSA) is 30.2 Å². The van der Waals surface area contributed by atoms with Crippen LogP contribution >= 0.6 is 0 Å². The average Bonchev–Trinajstić information content (AvgIpc) is 2.90. The molecule has 2 aromatic rings. The first-order valence-electron chi connectivity index (χ1n) is 5.64. The van der Waals surface area contributed by atoms with E-state index < -0.39 is 0 Å². The van der Waals surface area contributed by atoms with E-state index in [0.29, 0.717) is 5.76 Å². The van der Waals surface area contributed by atoms with Crippen molar-refractivity contribution in [1.29, 1.82) is 0 Å². The molecule has 17 heavy (non-hydrogen) atoms. The molecule has 0 saturated carbocycles. The van der Waals surface area contributed by atoms with Crippen LogP contribution in [0.1, 0.15) is 28.6 Å². The van der Waals surface area contributed by atoms with Crippen molar-refractivity contribution in [1.82, 2.24) is 0 Å². The summed E-state index contributed by atoms with van der Waals surface area (Å²) in [6.45, 7) is 2.12. The molecule has 1 aromatic carbocycles. The lowest BCUT2D eigenvalue weighted by Gasteiger charge is -1.96. The van der Waals surface area contributed by atoms with Gasteiger partial charge < -0.3 is 4.42 Å². The number of hydrogen-bond donors (Lipinski definition) is 0. The molecule has 0 N–H and O–H groups in total. The predicted octanol–water partition coefficient (Wildman–Crippen LogP) is 3.74. The molecular weight excluding hydrogens is 212 g/mol. The fourth-order valence-electron chi connectivity index (χ4n) is 1.54. The molecule has 0 unspecified atom stereocenters. The molecular formula is C15H14O2. The standard InChI is InChI=1S/C15H14O2/c1-2-12-5-7-13(8-6-12)9-10-14(16)15-4-3-11-17-15/h3-11H,2H2,1H3. The zero-order chi connectivity index (χ0) is 12.1. The van der Waals surface area contributed by atoms with E-state index in [4.69, 9.17) is 4.42 Å². The maximum Gasteiger partial charge on any atom is 0.221 e. The lowest BCUT2D eigenvalue weighted by Crippen LogP contribution is -1.90. The van der Waals surface area contributed by atoms with Crippen LogP contribution in [0.5, 0.6) is 0 Å². The molecule has 2 nitrogen and oxygen atoms in total. The molecule has 86 valence electrons. The molecule has 0 fully saturated rings. The van der Waals surface area contributed by atoms with Crippen LogP contribution in [-0.4, -0.2) is 5.78 Å². The SMILES string of the molecule is CCc1ccc(C=CC(=O)c2ccco2)cc1. The van der Waals surface area contributed by atoms with Gasteiger partial charge in [0.2, 0.25) is 5.78 Å². The van der Waals surface area contributed by atoms with E-state index in [-0.39, 0.29) is 5.78 Å². The van der Waals surface area contributed by atoms with E-state index in [1.165, 1.54) is 17.9 Å². The van der Waals surface area contributed by atoms with Crippen molar-refractivity contribution in [3.8, 4) is 0 Å². The lowest BCUT2D eigenvalue weighted by molar-refractivity contribution is 0.102. The number of hydrogen-bond acceptors (Lipinski definition) is 2. The lowest BCUT2D eigenvalue weighted by atomic mass is 10.1. The van der Waals surface area contributed by atoms with E-state index in [0.717, 1.165) is 12.0 Å². The van der Waals surface area contributed by atoms with Gasteiger partial charge in [-0.3, -0.25) is 4.79 Å². The molecule has 0 aliphatic heterocycles. The molecule has 1 aromatic heterocycles. The van der Waals surface area contributed by atoms with E-state index in [1.807, 2.05) is 12.1 Å². The Balaban J connectivity index is 2.07. The highest BCUT2D eigenvalue weighted by molar-refractivity contribution is 6.04. The average molecular weight is 226 g/mol. The second-order valence-electron chi connectivity index (χ2n) is 3.77. The van der Waals surface area contributed by atoms with Crippen molar-refractivity contribution in [2.75, 3.05) is 0 Å². The van der Waals surface area contributed by atoms with Gasteiger partial charge in [0.05, 0.1) is 6.26 Å². The first kappa shape index (κ1) is 11.4. The molecule has 0 amide bonds. The quantitative estimate of drug-likeness (QED) is 0.587. The number of aryl methyl sites for hydroxylation is 1. The summed E-state index contributed by atoms with van der Waals surface area (Å²) >= 11 is 0.